The number of furan rings is 1. The van der Waals surface area contributed by atoms with Gasteiger partial charge < -0.3 is 25.1 Å². The van der Waals surface area contributed by atoms with E-state index in [1.54, 1.807) is 78.9 Å². The number of methoxy groups -OCH3 is 1. The van der Waals surface area contributed by atoms with Gasteiger partial charge in [-0.15, -0.1) is 11.8 Å². The van der Waals surface area contributed by atoms with E-state index in [1.165, 1.54) is 31.2 Å². The van der Waals surface area contributed by atoms with Crippen molar-refractivity contribution < 1.29 is 23.5 Å². The van der Waals surface area contributed by atoms with E-state index in [1.807, 2.05) is 6.07 Å². The van der Waals surface area contributed by atoms with Crippen LogP contribution in [0.3, 0.4) is 0 Å². The Labute approximate surface area is 234 Å². The predicted molar refractivity (Wildman–Crippen MR) is 153 cm³/mol. The summed E-state index contributed by atoms with van der Waals surface area (Å²) >= 11 is 7.42. The van der Waals surface area contributed by atoms with Gasteiger partial charge in [0.25, 0.3) is 11.8 Å². The molecule has 198 valence electrons. The van der Waals surface area contributed by atoms with Gasteiger partial charge in [0.15, 0.2) is 0 Å². The van der Waals surface area contributed by atoms with Crippen molar-refractivity contribution in [3.05, 3.63) is 113 Å². The fourth-order valence-electron chi connectivity index (χ4n) is 3.41. The fraction of sp³-hybridized carbons (Fsp3) is 0.0690. The Morgan fingerprint density at radius 3 is 2.44 bits per heavy atom. The maximum absolute atomic E-state index is 13.1. The quantitative estimate of drug-likeness (QED) is 0.160. The third kappa shape index (κ3) is 8.00. The summed E-state index contributed by atoms with van der Waals surface area (Å²) in [6.07, 6.45) is 2.92. The lowest BCUT2D eigenvalue weighted by Gasteiger charge is -2.12. The zero-order chi connectivity index (χ0) is 27.6. The molecule has 0 unspecified atom stereocenters. The topological polar surface area (TPSA) is 110 Å². The second kappa shape index (κ2) is 13.4. The van der Waals surface area contributed by atoms with Gasteiger partial charge in [-0.05, 0) is 60.7 Å². The molecule has 0 radical (unpaired) electrons. The van der Waals surface area contributed by atoms with E-state index >= 15 is 0 Å². The number of carbonyl (C=O) groups excluding carboxylic acids is 3. The highest BCUT2D eigenvalue weighted by Crippen LogP contribution is 2.28. The van der Waals surface area contributed by atoms with Crippen molar-refractivity contribution in [1.29, 1.82) is 0 Å². The molecule has 0 aliphatic carbocycles. The predicted octanol–water partition coefficient (Wildman–Crippen LogP) is 6.08. The van der Waals surface area contributed by atoms with E-state index < -0.39 is 11.8 Å². The van der Waals surface area contributed by atoms with Crippen LogP contribution in [-0.2, 0) is 9.59 Å². The van der Waals surface area contributed by atoms with Crippen LogP contribution < -0.4 is 20.7 Å². The third-order valence-electron chi connectivity index (χ3n) is 5.26. The third-order valence-corrected chi connectivity index (χ3v) is 6.55. The minimum absolute atomic E-state index is 0.00869. The second-order valence-electron chi connectivity index (χ2n) is 8.06. The fourth-order valence-corrected chi connectivity index (χ4v) is 4.42. The first-order chi connectivity index (χ1) is 18.9. The van der Waals surface area contributed by atoms with Crippen molar-refractivity contribution in [2.24, 2.45) is 0 Å². The largest absolute Gasteiger partial charge is 0.495 e. The molecule has 4 aromatic rings. The SMILES string of the molecule is COc1ccc(NC(=O)CSc2cccc(NC(=O)/C(=C/c3ccco3)NC(=O)c3ccccc3)c2)cc1Cl. The smallest absolute Gasteiger partial charge is 0.272 e. The Morgan fingerprint density at radius 1 is 0.923 bits per heavy atom. The van der Waals surface area contributed by atoms with Crippen LogP contribution in [0, 0.1) is 0 Å². The molecule has 1 aromatic heterocycles. The Kier molecular flexibility index (Phi) is 9.44. The minimum atomic E-state index is -0.535. The van der Waals surface area contributed by atoms with Gasteiger partial charge in [0.1, 0.15) is 17.2 Å². The molecule has 3 aromatic carbocycles. The molecule has 0 aliphatic rings. The van der Waals surface area contributed by atoms with Crippen LogP contribution in [0.2, 0.25) is 5.02 Å². The molecule has 0 bridgehead atoms. The molecule has 0 atom stereocenters. The van der Waals surface area contributed by atoms with Crippen molar-refractivity contribution in [3.63, 3.8) is 0 Å². The van der Waals surface area contributed by atoms with Gasteiger partial charge in [0, 0.05) is 27.9 Å². The van der Waals surface area contributed by atoms with Crippen LogP contribution in [0.25, 0.3) is 6.08 Å². The lowest BCUT2D eigenvalue weighted by Crippen LogP contribution is -2.30. The molecule has 0 saturated heterocycles. The first-order valence-electron chi connectivity index (χ1n) is 11.7. The minimum Gasteiger partial charge on any atom is -0.495 e. The van der Waals surface area contributed by atoms with E-state index in [0.29, 0.717) is 33.5 Å². The number of ether oxygens (including phenoxy) is 1. The molecule has 8 nitrogen and oxygen atoms in total. The van der Waals surface area contributed by atoms with Crippen LogP contribution in [0.4, 0.5) is 11.4 Å². The van der Waals surface area contributed by atoms with Crippen molar-refractivity contribution in [2.45, 2.75) is 4.90 Å². The molecule has 3 N–H and O–H groups in total. The highest BCUT2D eigenvalue weighted by Gasteiger charge is 2.16. The number of carbonyl (C=O) groups is 3. The molecule has 3 amide bonds. The van der Waals surface area contributed by atoms with E-state index in [4.69, 9.17) is 20.8 Å². The zero-order valence-electron chi connectivity index (χ0n) is 20.8. The van der Waals surface area contributed by atoms with Crippen molar-refractivity contribution in [1.82, 2.24) is 5.32 Å². The summed E-state index contributed by atoms with van der Waals surface area (Å²) in [6, 6.07) is 24.0. The number of benzene rings is 3. The first-order valence-corrected chi connectivity index (χ1v) is 13.1. The number of anilines is 2. The molecule has 39 heavy (non-hydrogen) atoms. The van der Waals surface area contributed by atoms with E-state index in [2.05, 4.69) is 16.0 Å². The second-order valence-corrected chi connectivity index (χ2v) is 9.52. The van der Waals surface area contributed by atoms with Gasteiger partial charge in [-0.25, -0.2) is 0 Å². The van der Waals surface area contributed by atoms with Gasteiger partial charge in [-0.3, -0.25) is 14.4 Å². The number of nitrogens with one attached hydrogen (secondary N) is 3. The normalized spacial score (nSPS) is 11.0. The molecular weight excluding hydrogens is 538 g/mol. The van der Waals surface area contributed by atoms with Crippen molar-refractivity contribution >= 4 is 58.5 Å². The molecule has 4 rings (SSSR count). The Morgan fingerprint density at radius 2 is 1.72 bits per heavy atom. The average molecular weight is 562 g/mol. The van der Waals surface area contributed by atoms with Crippen molar-refractivity contribution in [3.8, 4) is 5.75 Å². The molecule has 10 heteroatoms. The number of hydrogen-bond acceptors (Lipinski definition) is 6. The van der Waals surface area contributed by atoms with Crippen molar-refractivity contribution in [2.75, 3.05) is 23.5 Å². The lowest BCUT2D eigenvalue weighted by atomic mass is 10.2. The van der Waals surface area contributed by atoms with E-state index in [-0.39, 0.29) is 17.4 Å². The summed E-state index contributed by atoms with van der Waals surface area (Å²) in [7, 11) is 1.52. The van der Waals surface area contributed by atoms with Crippen LogP contribution in [0.1, 0.15) is 16.1 Å². The van der Waals surface area contributed by atoms with E-state index in [9.17, 15) is 14.4 Å². The van der Waals surface area contributed by atoms with E-state index in [0.717, 1.165) is 4.90 Å². The summed E-state index contributed by atoms with van der Waals surface area (Å²) in [5.74, 6) is -0.128. The highest BCUT2D eigenvalue weighted by molar-refractivity contribution is 8.00. The van der Waals surface area contributed by atoms with Gasteiger partial charge in [-0.1, -0.05) is 35.9 Å². The van der Waals surface area contributed by atoms with Crippen LogP contribution in [-0.4, -0.2) is 30.6 Å². The monoisotopic (exact) mass is 561 g/mol. The Bertz CT molecular complexity index is 1490. The molecule has 0 fully saturated rings. The molecule has 1 heterocycles. The molecule has 0 saturated carbocycles. The summed E-state index contributed by atoms with van der Waals surface area (Å²) in [5.41, 5.74) is 1.46. The molecular formula is C29H24ClN3O5S. The number of thioether (sulfide) groups is 1. The van der Waals surface area contributed by atoms with Crippen LogP contribution in [0.15, 0.2) is 106 Å². The summed E-state index contributed by atoms with van der Waals surface area (Å²) in [4.78, 5) is 39.0. The highest BCUT2D eigenvalue weighted by atomic mass is 35.5. The number of halogens is 1. The van der Waals surface area contributed by atoms with Crippen LogP contribution in [0.5, 0.6) is 5.75 Å². The summed E-state index contributed by atoms with van der Waals surface area (Å²) in [5, 5.41) is 8.64. The summed E-state index contributed by atoms with van der Waals surface area (Å²) in [6.45, 7) is 0. The van der Waals surface area contributed by atoms with Gasteiger partial charge in [-0.2, -0.15) is 0 Å². The van der Waals surface area contributed by atoms with Gasteiger partial charge in [0.2, 0.25) is 5.91 Å². The Hall–Kier alpha value is -4.47. The average Bonchev–Trinajstić information content (AvgIpc) is 3.45. The summed E-state index contributed by atoms with van der Waals surface area (Å²) < 4.78 is 10.4. The molecule has 0 spiro atoms. The van der Waals surface area contributed by atoms with Crippen LogP contribution >= 0.6 is 23.4 Å². The number of amides is 3. The zero-order valence-corrected chi connectivity index (χ0v) is 22.3. The number of rotatable bonds is 10. The standard InChI is InChI=1S/C29H24ClN3O5S/c1-37-26-13-12-21(16-24(26)30)31-27(34)18-39-23-11-5-9-20(15-23)32-29(36)25(17-22-10-6-14-38-22)33-28(35)19-7-3-2-4-8-19/h2-17H,18H2,1H3,(H,31,34)(H,32,36)(H,33,35)/b25-17-. The first kappa shape index (κ1) is 27.6. The Balaban J connectivity index is 1.39. The molecule has 0 aliphatic heterocycles. The lowest BCUT2D eigenvalue weighted by molar-refractivity contribution is -0.114. The van der Waals surface area contributed by atoms with Gasteiger partial charge >= 0.3 is 0 Å². The van der Waals surface area contributed by atoms with Gasteiger partial charge in [0.05, 0.1) is 24.1 Å². The maximum Gasteiger partial charge on any atom is 0.272 e. The number of hydrogen-bond donors (Lipinski definition) is 3. The maximum atomic E-state index is 13.1.